The molecule has 9 heteroatoms. The summed E-state index contributed by atoms with van der Waals surface area (Å²) < 4.78 is 2.56. The molecule has 1 unspecified atom stereocenters. The Morgan fingerprint density at radius 1 is 1.28 bits per heavy atom. The summed E-state index contributed by atoms with van der Waals surface area (Å²) in [5.74, 6) is -1.14. The van der Waals surface area contributed by atoms with E-state index in [-0.39, 0.29) is 24.1 Å². The summed E-state index contributed by atoms with van der Waals surface area (Å²) in [6.07, 6.45) is 2.36. The van der Waals surface area contributed by atoms with Crippen LogP contribution in [0.15, 0.2) is 34.9 Å². The maximum absolute atomic E-state index is 12.7. The number of halogens is 1. The molecule has 2 N–H and O–H groups in total. The van der Waals surface area contributed by atoms with Gasteiger partial charge in [-0.05, 0) is 45.6 Å². The number of carbonyl (C=O) groups is 4. The molecule has 150 valence electrons. The summed E-state index contributed by atoms with van der Waals surface area (Å²) in [6.45, 7) is 0.633. The molecule has 1 atom stereocenters. The van der Waals surface area contributed by atoms with Crippen molar-refractivity contribution < 1.29 is 19.2 Å². The molecule has 4 amide bonds. The highest BCUT2D eigenvalue weighted by Gasteiger charge is 2.39. The molecule has 0 spiro atoms. The highest BCUT2D eigenvalue weighted by Crippen LogP contribution is 2.28. The van der Waals surface area contributed by atoms with Crippen molar-refractivity contribution in [2.75, 3.05) is 0 Å². The second kappa shape index (κ2) is 7.47. The molecular weight excluding hydrogens is 440 g/mol. The van der Waals surface area contributed by atoms with E-state index >= 15 is 0 Å². The number of imide groups is 1. The van der Waals surface area contributed by atoms with Crippen LogP contribution in [0.2, 0.25) is 0 Å². The van der Waals surface area contributed by atoms with Gasteiger partial charge in [0.15, 0.2) is 0 Å². The Hall–Kier alpha value is -2.94. The maximum atomic E-state index is 12.7. The van der Waals surface area contributed by atoms with Gasteiger partial charge in [0.1, 0.15) is 11.7 Å². The van der Waals surface area contributed by atoms with E-state index in [0.29, 0.717) is 30.8 Å². The smallest absolute Gasteiger partial charge is 0.268 e. The number of piperidine rings is 1. The summed E-state index contributed by atoms with van der Waals surface area (Å²) in [5.41, 5.74) is 2.77. The van der Waals surface area contributed by atoms with E-state index in [4.69, 9.17) is 0 Å². The predicted octanol–water partition coefficient (Wildman–Crippen LogP) is 1.48. The molecule has 0 bridgehead atoms. The summed E-state index contributed by atoms with van der Waals surface area (Å²) >= 11 is 3.35. The van der Waals surface area contributed by atoms with E-state index in [0.717, 1.165) is 15.6 Å². The number of hydrogen-bond donors (Lipinski definition) is 2. The summed E-state index contributed by atoms with van der Waals surface area (Å²) in [5, 5.41) is 5.17. The van der Waals surface area contributed by atoms with Crippen molar-refractivity contribution in [3.8, 4) is 0 Å². The lowest BCUT2D eigenvalue weighted by Gasteiger charge is -2.29. The van der Waals surface area contributed by atoms with Gasteiger partial charge in [0.25, 0.3) is 11.8 Å². The second-order valence-corrected chi connectivity index (χ2v) is 8.14. The van der Waals surface area contributed by atoms with Crippen molar-refractivity contribution in [3.63, 3.8) is 0 Å². The number of nitrogens with one attached hydrogen (secondary N) is 2. The van der Waals surface area contributed by atoms with Gasteiger partial charge in [0.05, 0.1) is 0 Å². The van der Waals surface area contributed by atoms with Gasteiger partial charge in [-0.25, -0.2) is 0 Å². The molecule has 1 fully saturated rings. The topological polar surface area (TPSA) is 101 Å². The lowest BCUT2D eigenvalue weighted by molar-refractivity contribution is -0.136. The standard InChI is InChI=1S/C20H19BrN4O4/c1-24-10-13(21)7-16(24)18(27)22-8-11-2-3-14-12(6-11)9-25(20(14)29)15-4-5-17(26)23-19(15)28/h2-3,6-7,10,15H,4-5,8-9H2,1H3,(H,22,27)(H,23,26,28). The van der Waals surface area contributed by atoms with E-state index in [1.807, 2.05) is 6.07 Å². The molecule has 2 aliphatic heterocycles. The summed E-state index contributed by atoms with van der Waals surface area (Å²) in [6, 6.07) is 6.51. The number of aromatic nitrogens is 1. The Morgan fingerprint density at radius 2 is 2.07 bits per heavy atom. The lowest BCUT2D eigenvalue weighted by Crippen LogP contribution is -2.52. The first-order chi connectivity index (χ1) is 13.8. The fraction of sp³-hybridized carbons (Fsp3) is 0.300. The molecule has 1 saturated heterocycles. The molecule has 4 rings (SSSR count). The van der Waals surface area contributed by atoms with Crippen LogP contribution < -0.4 is 10.6 Å². The molecule has 3 heterocycles. The molecule has 0 aliphatic carbocycles. The molecular formula is C20H19BrN4O4. The number of carbonyl (C=O) groups excluding carboxylic acids is 4. The van der Waals surface area contributed by atoms with E-state index in [1.165, 1.54) is 4.90 Å². The number of benzene rings is 1. The van der Waals surface area contributed by atoms with Gasteiger partial charge < -0.3 is 14.8 Å². The van der Waals surface area contributed by atoms with E-state index in [2.05, 4.69) is 26.6 Å². The highest BCUT2D eigenvalue weighted by atomic mass is 79.9. The van der Waals surface area contributed by atoms with Gasteiger partial charge in [-0.1, -0.05) is 12.1 Å². The lowest BCUT2D eigenvalue weighted by atomic mass is 10.0. The molecule has 29 heavy (non-hydrogen) atoms. The Bertz CT molecular complexity index is 1050. The first-order valence-electron chi connectivity index (χ1n) is 9.20. The zero-order chi connectivity index (χ0) is 20.7. The van der Waals surface area contributed by atoms with Crippen LogP contribution in [0.3, 0.4) is 0 Å². The molecule has 1 aromatic heterocycles. The van der Waals surface area contributed by atoms with Gasteiger partial charge in [-0.2, -0.15) is 0 Å². The van der Waals surface area contributed by atoms with Crippen molar-refractivity contribution in [2.45, 2.75) is 32.0 Å². The maximum Gasteiger partial charge on any atom is 0.268 e. The van der Waals surface area contributed by atoms with Crippen molar-refractivity contribution >= 4 is 39.6 Å². The van der Waals surface area contributed by atoms with Gasteiger partial charge in [0, 0.05) is 42.8 Å². The van der Waals surface area contributed by atoms with Gasteiger partial charge in [-0.3, -0.25) is 24.5 Å². The zero-order valence-corrected chi connectivity index (χ0v) is 17.3. The van der Waals surface area contributed by atoms with Crippen molar-refractivity contribution in [2.24, 2.45) is 7.05 Å². The van der Waals surface area contributed by atoms with Gasteiger partial charge >= 0.3 is 0 Å². The first-order valence-corrected chi connectivity index (χ1v) is 9.99. The first kappa shape index (κ1) is 19.4. The third-order valence-corrected chi connectivity index (χ3v) is 5.68. The van der Waals surface area contributed by atoms with Crippen LogP contribution in [0.5, 0.6) is 0 Å². The Kier molecular flexibility index (Phi) is 4.99. The van der Waals surface area contributed by atoms with Crippen LogP contribution in [-0.2, 0) is 29.7 Å². The number of rotatable bonds is 4. The minimum Gasteiger partial charge on any atom is -0.347 e. The number of hydrogen-bond acceptors (Lipinski definition) is 4. The fourth-order valence-electron chi connectivity index (χ4n) is 3.76. The van der Waals surface area contributed by atoms with Crippen molar-refractivity contribution in [1.82, 2.24) is 20.1 Å². The van der Waals surface area contributed by atoms with E-state index in [9.17, 15) is 19.2 Å². The van der Waals surface area contributed by atoms with Crippen LogP contribution in [0.25, 0.3) is 0 Å². The van der Waals surface area contributed by atoms with E-state index < -0.39 is 11.9 Å². The average Bonchev–Trinajstić information content (AvgIpc) is 3.18. The predicted molar refractivity (Wildman–Crippen MR) is 107 cm³/mol. The summed E-state index contributed by atoms with van der Waals surface area (Å²) in [7, 11) is 1.80. The highest BCUT2D eigenvalue weighted by molar-refractivity contribution is 9.10. The van der Waals surface area contributed by atoms with E-state index in [1.54, 1.807) is 36.0 Å². The SMILES string of the molecule is Cn1cc(Br)cc1C(=O)NCc1ccc2c(c1)CN(C1CCC(=O)NC1=O)C2=O. The van der Waals surface area contributed by atoms with Crippen LogP contribution >= 0.6 is 15.9 Å². The zero-order valence-electron chi connectivity index (χ0n) is 15.7. The van der Waals surface area contributed by atoms with Gasteiger partial charge in [0.2, 0.25) is 11.8 Å². The molecule has 1 aromatic carbocycles. The second-order valence-electron chi connectivity index (χ2n) is 7.23. The number of amides is 4. The van der Waals surface area contributed by atoms with Crippen LogP contribution in [-0.4, -0.2) is 39.1 Å². The normalized spacial score (nSPS) is 18.6. The quantitative estimate of drug-likeness (QED) is 0.677. The average molecular weight is 459 g/mol. The number of aryl methyl sites for hydroxylation is 1. The number of fused-ring (bicyclic) bond motifs is 1. The minimum absolute atomic E-state index is 0.194. The Morgan fingerprint density at radius 3 is 2.76 bits per heavy atom. The van der Waals surface area contributed by atoms with Crippen molar-refractivity contribution in [1.29, 1.82) is 0 Å². The fourth-order valence-corrected chi connectivity index (χ4v) is 4.28. The van der Waals surface area contributed by atoms with Gasteiger partial charge in [-0.15, -0.1) is 0 Å². The van der Waals surface area contributed by atoms with Crippen LogP contribution in [0.4, 0.5) is 0 Å². The van der Waals surface area contributed by atoms with Crippen molar-refractivity contribution in [3.05, 3.63) is 57.3 Å². The third kappa shape index (κ3) is 3.69. The summed E-state index contributed by atoms with van der Waals surface area (Å²) in [4.78, 5) is 50.1. The molecule has 8 nitrogen and oxygen atoms in total. The molecule has 0 radical (unpaired) electrons. The Balaban J connectivity index is 1.45. The molecule has 2 aliphatic rings. The number of nitrogens with zero attached hydrogens (tertiary/aromatic N) is 2. The van der Waals surface area contributed by atoms with Crippen LogP contribution in [0, 0.1) is 0 Å². The Labute approximate surface area is 175 Å². The largest absolute Gasteiger partial charge is 0.347 e. The molecule has 0 saturated carbocycles. The van der Waals surface area contributed by atoms with Crippen LogP contribution in [0.1, 0.15) is 44.8 Å². The minimum atomic E-state index is -0.633. The monoisotopic (exact) mass is 458 g/mol. The third-order valence-electron chi connectivity index (χ3n) is 5.25. The molecule has 2 aromatic rings.